The van der Waals surface area contributed by atoms with E-state index in [1.165, 1.54) is 11.3 Å². The largest absolute Gasteiger partial charge is 0.352 e. The molecule has 3 rings (SSSR count). The maximum Gasteiger partial charge on any atom is 0.259 e. The Kier molecular flexibility index (Phi) is 6.59. The van der Waals surface area contributed by atoms with Crippen LogP contribution >= 0.6 is 23.7 Å². The Labute approximate surface area is 157 Å². The van der Waals surface area contributed by atoms with Crippen molar-refractivity contribution in [1.29, 1.82) is 0 Å². The summed E-state index contributed by atoms with van der Waals surface area (Å²) in [5.41, 5.74) is 0.884. The van der Waals surface area contributed by atoms with Gasteiger partial charge in [0, 0.05) is 30.3 Å². The van der Waals surface area contributed by atoms with Gasteiger partial charge in [0.2, 0.25) is 5.91 Å². The van der Waals surface area contributed by atoms with Crippen molar-refractivity contribution in [1.82, 2.24) is 20.6 Å². The van der Waals surface area contributed by atoms with Gasteiger partial charge in [-0.3, -0.25) is 9.59 Å². The summed E-state index contributed by atoms with van der Waals surface area (Å²) in [6, 6.07) is 0.184. The third-order valence-electron chi connectivity index (χ3n) is 4.85. The summed E-state index contributed by atoms with van der Waals surface area (Å²) in [5, 5.41) is 7.07. The van der Waals surface area contributed by atoms with Gasteiger partial charge in [0.05, 0.1) is 5.39 Å². The van der Waals surface area contributed by atoms with Crippen LogP contribution in [0.3, 0.4) is 0 Å². The summed E-state index contributed by atoms with van der Waals surface area (Å²) in [6.45, 7) is 7.94. The molecular weight excluding hydrogens is 360 g/mol. The maximum atomic E-state index is 12.2. The lowest BCUT2D eigenvalue weighted by Crippen LogP contribution is -2.50. The Morgan fingerprint density at radius 1 is 1.40 bits per heavy atom. The first-order valence-electron chi connectivity index (χ1n) is 8.44. The van der Waals surface area contributed by atoms with Gasteiger partial charge in [0.25, 0.3) is 5.56 Å². The second-order valence-corrected chi connectivity index (χ2v) is 7.82. The van der Waals surface area contributed by atoms with E-state index in [2.05, 4.69) is 27.5 Å². The third kappa shape index (κ3) is 4.40. The van der Waals surface area contributed by atoms with Crippen LogP contribution in [0.15, 0.2) is 4.79 Å². The van der Waals surface area contributed by atoms with Crippen molar-refractivity contribution in [2.75, 3.05) is 13.1 Å². The number of nitrogens with one attached hydrogen (secondary N) is 3. The molecule has 138 valence electrons. The zero-order chi connectivity index (χ0) is 17.3. The zero-order valence-corrected chi connectivity index (χ0v) is 16.4. The number of thiophene rings is 1. The predicted molar refractivity (Wildman–Crippen MR) is 104 cm³/mol. The molecule has 0 aliphatic carbocycles. The molecule has 1 amide bonds. The number of aromatic nitrogens is 2. The molecule has 2 aromatic heterocycles. The third-order valence-corrected chi connectivity index (χ3v) is 5.95. The SMILES string of the molecule is Cc1sc2nc(CCC(=O)NC3CNCCC3C)[nH]c(=O)c2c1C.Cl. The maximum absolute atomic E-state index is 12.2. The van der Waals surface area contributed by atoms with Crippen LogP contribution in [-0.4, -0.2) is 35.0 Å². The van der Waals surface area contributed by atoms with Crippen LogP contribution in [0, 0.1) is 19.8 Å². The molecule has 6 nitrogen and oxygen atoms in total. The second kappa shape index (κ2) is 8.29. The number of carbonyl (C=O) groups excluding carboxylic acids is 1. The Morgan fingerprint density at radius 3 is 2.88 bits per heavy atom. The highest BCUT2D eigenvalue weighted by Crippen LogP contribution is 2.25. The monoisotopic (exact) mass is 384 g/mol. The highest BCUT2D eigenvalue weighted by atomic mass is 35.5. The number of aryl methyl sites for hydroxylation is 3. The summed E-state index contributed by atoms with van der Waals surface area (Å²) in [7, 11) is 0. The molecule has 0 aromatic carbocycles. The normalized spacial score (nSPS) is 20.3. The molecule has 1 aliphatic heterocycles. The van der Waals surface area contributed by atoms with Gasteiger partial charge in [-0.15, -0.1) is 23.7 Å². The van der Waals surface area contributed by atoms with E-state index in [4.69, 9.17) is 0 Å². The minimum atomic E-state index is -0.109. The van der Waals surface area contributed by atoms with Crippen LogP contribution in [0.2, 0.25) is 0 Å². The molecule has 8 heteroatoms. The predicted octanol–water partition coefficient (Wildman–Crippen LogP) is 2.07. The fraction of sp³-hybridized carbons (Fsp3) is 0.588. The first kappa shape index (κ1) is 19.9. The second-order valence-electron chi connectivity index (χ2n) is 6.62. The molecule has 3 N–H and O–H groups in total. The lowest BCUT2D eigenvalue weighted by atomic mass is 9.94. The molecule has 0 saturated carbocycles. The average Bonchev–Trinajstić information content (AvgIpc) is 2.82. The van der Waals surface area contributed by atoms with E-state index in [0.717, 1.165) is 34.8 Å². The highest BCUT2D eigenvalue weighted by Gasteiger charge is 2.22. The van der Waals surface area contributed by atoms with Gasteiger partial charge in [0.1, 0.15) is 10.7 Å². The Morgan fingerprint density at radius 2 is 2.16 bits per heavy atom. The minimum absolute atomic E-state index is 0. The molecular formula is C17H25ClN4O2S. The van der Waals surface area contributed by atoms with Crippen molar-refractivity contribution in [2.45, 2.75) is 46.1 Å². The summed E-state index contributed by atoms with van der Waals surface area (Å²) < 4.78 is 0. The van der Waals surface area contributed by atoms with Crippen molar-refractivity contribution < 1.29 is 4.79 Å². The van der Waals surface area contributed by atoms with E-state index in [9.17, 15) is 9.59 Å². The highest BCUT2D eigenvalue weighted by molar-refractivity contribution is 7.18. The molecule has 25 heavy (non-hydrogen) atoms. The number of amides is 1. The summed E-state index contributed by atoms with van der Waals surface area (Å²) in [6.07, 6.45) is 1.86. The summed E-state index contributed by atoms with van der Waals surface area (Å²) in [5.74, 6) is 1.08. The minimum Gasteiger partial charge on any atom is -0.352 e. The molecule has 3 heterocycles. The standard InChI is InChI=1S/C17H24N4O2S.ClH/c1-9-6-7-18-8-12(9)19-14(22)5-4-13-20-16(23)15-10(2)11(3)24-17(15)21-13;/h9,12,18H,4-8H2,1-3H3,(H,19,22)(H,20,21,23);1H. The van der Waals surface area contributed by atoms with Gasteiger partial charge in [-0.2, -0.15) is 0 Å². The van der Waals surface area contributed by atoms with Gasteiger partial charge in [-0.1, -0.05) is 6.92 Å². The van der Waals surface area contributed by atoms with Crippen LogP contribution in [0.4, 0.5) is 0 Å². The van der Waals surface area contributed by atoms with Crippen molar-refractivity contribution in [3.8, 4) is 0 Å². The number of fused-ring (bicyclic) bond motifs is 1. The van der Waals surface area contributed by atoms with Crippen molar-refractivity contribution >= 4 is 39.9 Å². The fourth-order valence-electron chi connectivity index (χ4n) is 3.11. The number of halogens is 1. The first-order chi connectivity index (χ1) is 11.5. The number of piperidine rings is 1. The molecule has 0 radical (unpaired) electrons. The molecule has 2 aromatic rings. The van der Waals surface area contributed by atoms with Crippen molar-refractivity contribution in [3.63, 3.8) is 0 Å². The quantitative estimate of drug-likeness (QED) is 0.753. The van der Waals surface area contributed by atoms with Crippen LogP contribution in [0.1, 0.15) is 36.0 Å². The van der Waals surface area contributed by atoms with E-state index in [-0.39, 0.29) is 29.9 Å². The number of hydrogen-bond acceptors (Lipinski definition) is 5. The van der Waals surface area contributed by atoms with Gasteiger partial charge >= 0.3 is 0 Å². The number of nitrogens with zero attached hydrogens (tertiary/aromatic N) is 1. The topological polar surface area (TPSA) is 86.9 Å². The molecule has 2 unspecified atom stereocenters. The molecule has 0 bridgehead atoms. The molecule has 1 saturated heterocycles. The number of carbonyl (C=O) groups is 1. The van der Waals surface area contributed by atoms with E-state index in [1.807, 2.05) is 13.8 Å². The fourth-order valence-corrected chi connectivity index (χ4v) is 4.16. The van der Waals surface area contributed by atoms with Gasteiger partial charge in [0.15, 0.2) is 0 Å². The van der Waals surface area contributed by atoms with Crippen molar-refractivity contribution in [3.05, 3.63) is 26.6 Å². The lowest BCUT2D eigenvalue weighted by Gasteiger charge is -2.30. The number of H-pyrrole nitrogens is 1. The summed E-state index contributed by atoms with van der Waals surface area (Å²) >= 11 is 1.53. The van der Waals surface area contributed by atoms with Crippen LogP contribution in [0.25, 0.3) is 10.2 Å². The average molecular weight is 385 g/mol. The van der Waals surface area contributed by atoms with E-state index in [0.29, 0.717) is 30.0 Å². The van der Waals surface area contributed by atoms with Gasteiger partial charge in [-0.05, 0) is 38.3 Å². The van der Waals surface area contributed by atoms with Crippen LogP contribution < -0.4 is 16.2 Å². The molecule has 0 spiro atoms. The van der Waals surface area contributed by atoms with E-state index >= 15 is 0 Å². The smallest absolute Gasteiger partial charge is 0.259 e. The van der Waals surface area contributed by atoms with Crippen molar-refractivity contribution in [2.24, 2.45) is 5.92 Å². The number of aromatic amines is 1. The Hall–Kier alpha value is -1.44. The van der Waals surface area contributed by atoms with Gasteiger partial charge in [-0.25, -0.2) is 4.98 Å². The van der Waals surface area contributed by atoms with Gasteiger partial charge < -0.3 is 15.6 Å². The van der Waals surface area contributed by atoms with E-state index in [1.54, 1.807) is 0 Å². The Balaban J connectivity index is 0.00000225. The van der Waals surface area contributed by atoms with E-state index < -0.39 is 0 Å². The lowest BCUT2D eigenvalue weighted by molar-refractivity contribution is -0.122. The number of hydrogen-bond donors (Lipinski definition) is 3. The molecule has 1 fully saturated rings. The first-order valence-corrected chi connectivity index (χ1v) is 9.26. The molecule has 2 atom stereocenters. The number of rotatable bonds is 4. The summed E-state index contributed by atoms with van der Waals surface area (Å²) in [4.78, 5) is 33.6. The zero-order valence-electron chi connectivity index (χ0n) is 14.8. The molecule has 1 aliphatic rings. The van der Waals surface area contributed by atoms with Crippen LogP contribution in [0.5, 0.6) is 0 Å². The Bertz CT molecular complexity index is 817. The van der Waals surface area contributed by atoms with Crippen LogP contribution in [-0.2, 0) is 11.2 Å².